The molecule has 0 radical (unpaired) electrons. The van der Waals surface area contributed by atoms with Crippen LogP contribution in [-0.4, -0.2) is 30.2 Å². The summed E-state index contributed by atoms with van der Waals surface area (Å²) in [5.74, 6) is 1.19. The number of carbonyl (C=O) groups excluding carboxylic acids is 1. The molecule has 1 amide bonds. The van der Waals surface area contributed by atoms with E-state index < -0.39 is 0 Å². The Balaban J connectivity index is 0.00000225. The lowest BCUT2D eigenvalue weighted by Gasteiger charge is -2.14. The van der Waals surface area contributed by atoms with Gasteiger partial charge in [-0.1, -0.05) is 17.3 Å². The predicted octanol–water partition coefficient (Wildman–Crippen LogP) is 2.77. The van der Waals surface area contributed by atoms with E-state index in [0.29, 0.717) is 30.5 Å². The van der Waals surface area contributed by atoms with Crippen LogP contribution in [0.15, 0.2) is 28.8 Å². The summed E-state index contributed by atoms with van der Waals surface area (Å²) in [6.07, 6.45) is 2.27. The van der Waals surface area contributed by atoms with Crippen LogP contribution in [0.4, 0.5) is 0 Å². The first kappa shape index (κ1) is 19.3. The number of carbonyl (C=O) groups is 1. The number of aromatic nitrogens is 1. The molecular formula is C18H24ClN3O3. The molecule has 1 fully saturated rings. The van der Waals surface area contributed by atoms with Gasteiger partial charge in [-0.05, 0) is 45.4 Å². The van der Waals surface area contributed by atoms with Crippen LogP contribution in [0.3, 0.4) is 0 Å². The molecule has 6 nitrogen and oxygen atoms in total. The molecule has 136 valence electrons. The number of ether oxygens (including phenoxy) is 1. The number of para-hydroxylation sites is 1. The van der Waals surface area contributed by atoms with Crippen LogP contribution in [0, 0.1) is 13.8 Å². The minimum atomic E-state index is -0.113. The minimum Gasteiger partial charge on any atom is -0.488 e. The second kappa shape index (κ2) is 8.87. The molecule has 1 aromatic heterocycles. The van der Waals surface area contributed by atoms with Crippen LogP contribution in [0.1, 0.15) is 40.2 Å². The number of halogens is 1. The van der Waals surface area contributed by atoms with E-state index in [0.717, 1.165) is 36.4 Å². The lowest BCUT2D eigenvalue weighted by Crippen LogP contribution is -2.37. The van der Waals surface area contributed by atoms with Crippen molar-refractivity contribution >= 4 is 18.3 Å². The second-order valence-electron chi connectivity index (χ2n) is 6.09. The van der Waals surface area contributed by atoms with Gasteiger partial charge < -0.3 is 19.9 Å². The van der Waals surface area contributed by atoms with Gasteiger partial charge in [0.05, 0.1) is 16.8 Å². The fourth-order valence-electron chi connectivity index (χ4n) is 2.88. The number of hydrogen-bond donors (Lipinski definition) is 2. The molecule has 0 bridgehead atoms. The summed E-state index contributed by atoms with van der Waals surface area (Å²) in [7, 11) is 0. The van der Waals surface area contributed by atoms with Gasteiger partial charge >= 0.3 is 0 Å². The molecular weight excluding hydrogens is 342 g/mol. The van der Waals surface area contributed by atoms with Gasteiger partial charge in [0.1, 0.15) is 18.1 Å². The summed E-state index contributed by atoms with van der Waals surface area (Å²) < 4.78 is 11.0. The van der Waals surface area contributed by atoms with Crippen molar-refractivity contribution in [1.29, 1.82) is 0 Å². The lowest BCUT2D eigenvalue weighted by molar-refractivity contribution is 0.0946. The molecule has 1 aliphatic rings. The Labute approximate surface area is 153 Å². The fourth-order valence-corrected chi connectivity index (χ4v) is 2.88. The molecule has 1 atom stereocenters. The number of amides is 1. The summed E-state index contributed by atoms with van der Waals surface area (Å²) in [6, 6.07) is 7.65. The minimum absolute atomic E-state index is 0. The summed E-state index contributed by atoms with van der Waals surface area (Å²) in [5, 5.41) is 10.3. The quantitative estimate of drug-likeness (QED) is 0.823. The Morgan fingerprint density at radius 1 is 1.40 bits per heavy atom. The van der Waals surface area contributed by atoms with Gasteiger partial charge in [0.2, 0.25) is 0 Å². The molecule has 0 saturated carbocycles. The fraction of sp³-hybridized carbons (Fsp3) is 0.444. The summed E-state index contributed by atoms with van der Waals surface area (Å²) >= 11 is 0. The van der Waals surface area contributed by atoms with E-state index in [4.69, 9.17) is 9.26 Å². The van der Waals surface area contributed by atoms with Gasteiger partial charge in [0.15, 0.2) is 0 Å². The van der Waals surface area contributed by atoms with Crippen molar-refractivity contribution in [3.8, 4) is 5.75 Å². The third-order valence-corrected chi connectivity index (χ3v) is 4.36. The molecule has 7 heteroatoms. The van der Waals surface area contributed by atoms with Crippen LogP contribution in [0.2, 0.25) is 0 Å². The number of hydrogen-bond acceptors (Lipinski definition) is 5. The predicted molar refractivity (Wildman–Crippen MR) is 97.4 cm³/mol. The standard InChI is InChI=1S/C18H23N3O3.ClH/c1-12-16(13(2)24-21-12)11-23-17-8-4-3-7-15(17)18(22)20-10-14-6-5-9-19-14;/h3-4,7-8,14,19H,5-6,9-11H2,1-2H3,(H,20,22);1H. The maximum Gasteiger partial charge on any atom is 0.255 e. The van der Waals surface area contributed by atoms with Crippen LogP contribution in [-0.2, 0) is 6.61 Å². The van der Waals surface area contributed by atoms with Crippen LogP contribution >= 0.6 is 12.4 Å². The summed E-state index contributed by atoms with van der Waals surface area (Å²) in [5.41, 5.74) is 2.27. The van der Waals surface area contributed by atoms with E-state index in [2.05, 4.69) is 15.8 Å². The molecule has 2 N–H and O–H groups in total. The highest BCUT2D eigenvalue weighted by atomic mass is 35.5. The Kier molecular flexibility index (Phi) is 6.84. The molecule has 25 heavy (non-hydrogen) atoms. The van der Waals surface area contributed by atoms with Crippen molar-refractivity contribution < 1.29 is 14.1 Å². The van der Waals surface area contributed by atoms with Crippen molar-refractivity contribution in [3.05, 3.63) is 46.8 Å². The van der Waals surface area contributed by atoms with E-state index in [1.807, 2.05) is 26.0 Å². The van der Waals surface area contributed by atoms with Gasteiger partial charge in [0, 0.05) is 12.6 Å². The molecule has 0 spiro atoms. The van der Waals surface area contributed by atoms with E-state index in [-0.39, 0.29) is 18.3 Å². The Hall–Kier alpha value is -2.05. The van der Waals surface area contributed by atoms with Gasteiger partial charge in [-0.3, -0.25) is 4.79 Å². The monoisotopic (exact) mass is 365 g/mol. The van der Waals surface area contributed by atoms with Crippen LogP contribution < -0.4 is 15.4 Å². The van der Waals surface area contributed by atoms with E-state index in [1.54, 1.807) is 12.1 Å². The van der Waals surface area contributed by atoms with Crippen molar-refractivity contribution in [2.24, 2.45) is 0 Å². The number of nitrogens with zero attached hydrogens (tertiary/aromatic N) is 1. The number of rotatable bonds is 6. The van der Waals surface area contributed by atoms with Crippen molar-refractivity contribution in [3.63, 3.8) is 0 Å². The molecule has 3 rings (SSSR count). The van der Waals surface area contributed by atoms with Gasteiger partial charge in [-0.15, -0.1) is 12.4 Å². The highest BCUT2D eigenvalue weighted by Crippen LogP contribution is 2.21. The molecule has 0 aliphatic carbocycles. The maximum absolute atomic E-state index is 12.5. The van der Waals surface area contributed by atoms with Crippen LogP contribution in [0.25, 0.3) is 0 Å². The molecule has 1 aromatic carbocycles. The lowest BCUT2D eigenvalue weighted by atomic mass is 10.1. The number of benzene rings is 1. The Morgan fingerprint density at radius 2 is 2.20 bits per heavy atom. The SMILES string of the molecule is Cc1noc(C)c1COc1ccccc1C(=O)NCC1CCCN1.Cl. The zero-order valence-corrected chi connectivity index (χ0v) is 15.3. The first-order valence-corrected chi connectivity index (χ1v) is 8.30. The number of nitrogens with one attached hydrogen (secondary N) is 2. The van der Waals surface area contributed by atoms with E-state index >= 15 is 0 Å². The zero-order chi connectivity index (χ0) is 16.9. The average molecular weight is 366 g/mol. The summed E-state index contributed by atoms with van der Waals surface area (Å²) in [4.78, 5) is 12.5. The zero-order valence-electron chi connectivity index (χ0n) is 14.5. The molecule has 2 aromatic rings. The molecule has 1 aliphatic heterocycles. The summed E-state index contributed by atoms with van der Waals surface area (Å²) in [6.45, 7) is 5.72. The third-order valence-electron chi connectivity index (χ3n) is 4.36. The Morgan fingerprint density at radius 3 is 2.88 bits per heavy atom. The Bertz CT molecular complexity index is 692. The normalized spacial score (nSPS) is 16.3. The van der Waals surface area contributed by atoms with Gasteiger partial charge in [-0.25, -0.2) is 0 Å². The maximum atomic E-state index is 12.5. The molecule has 1 saturated heterocycles. The first-order chi connectivity index (χ1) is 11.6. The highest BCUT2D eigenvalue weighted by molar-refractivity contribution is 5.96. The van der Waals surface area contributed by atoms with E-state index in [1.165, 1.54) is 0 Å². The van der Waals surface area contributed by atoms with E-state index in [9.17, 15) is 4.79 Å². The largest absolute Gasteiger partial charge is 0.488 e. The molecule has 1 unspecified atom stereocenters. The third kappa shape index (κ3) is 4.74. The smallest absolute Gasteiger partial charge is 0.255 e. The van der Waals surface area contributed by atoms with Crippen molar-refractivity contribution in [2.75, 3.05) is 13.1 Å². The highest BCUT2D eigenvalue weighted by Gasteiger charge is 2.18. The van der Waals surface area contributed by atoms with Crippen LogP contribution in [0.5, 0.6) is 5.75 Å². The first-order valence-electron chi connectivity index (χ1n) is 8.30. The van der Waals surface area contributed by atoms with Crippen molar-refractivity contribution in [2.45, 2.75) is 39.3 Å². The van der Waals surface area contributed by atoms with Crippen molar-refractivity contribution in [1.82, 2.24) is 15.8 Å². The van der Waals surface area contributed by atoms with Gasteiger partial charge in [0.25, 0.3) is 5.91 Å². The average Bonchev–Trinajstić information content (AvgIpc) is 3.22. The topological polar surface area (TPSA) is 76.4 Å². The molecule has 2 heterocycles. The second-order valence-corrected chi connectivity index (χ2v) is 6.09. The number of aryl methyl sites for hydroxylation is 2. The van der Waals surface area contributed by atoms with Gasteiger partial charge in [-0.2, -0.15) is 0 Å².